The van der Waals surface area contributed by atoms with Gasteiger partial charge in [-0.05, 0) is 64.4 Å². The zero-order valence-corrected chi connectivity index (χ0v) is 22.8. The van der Waals surface area contributed by atoms with Crippen LogP contribution in [0.1, 0.15) is 43.4 Å². The summed E-state index contributed by atoms with van der Waals surface area (Å²) in [4.78, 5) is 30.7. The predicted molar refractivity (Wildman–Crippen MR) is 147 cm³/mol. The summed E-state index contributed by atoms with van der Waals surface area (Å²) in [6.45, 7) is 8.04. The fraction of sp³-hybridized carbons (Fsp3) is 0.586. The van der Waals surface area contributed by atoms with E-state index in [-0.39, 0.29) is 30.2 Å². The fourth-order valence-electron chi connectivity index (χ4n) is 6.21. The molecule has 2 unspecified atom stereocenters. The molecule has 0 saturated carbocycles. The Kier molecular flexibility index (Phi) is 8.58. The van der Waals surface area contributed by atoms with Crippen molar-refractivity contribution in [1.29, 1.82) is 5.26 Å². The van der Waals surface area contributed by atoms with Gasteiger partial charge in [-0.2, -0.15) is 15.2 Å². The lowest BCUT2D eigenvalue weighted by molar-refractivity contribution is -0.128. The topological polar surface area (TPSA) is 88.8 Å². The second-order valence-corrected chi connectivity index (χ2v) is 10.8. The quantitative estimate of drug-likeness (QED) is 0.493. The van der Waals surface area contributed by atoms with Crippen LogP contribution in [0.4, 0.5) is 10.2 Å². The monoisotopic (exact) mass is 535 g/mol. The highest BCUT2D eigenvalue weighted by Gasteiger charge is 2.34. The summed E-state index contributed by atoms with van der Waals surface area (Å²) >= 11 is 0. The number of amides is 1. The number of hydrogen-bond acceptors (Lipinski definition) is 8. The van der Waals surface area contributed by atoms with E-state index in [4.69, 9.17) is 14.7 Å². The molecule has 0 bridgehead atoms. The Morgan fingerprint density at radius 2 is 2.13 bits per heavy atom. The molecule has 10 heteroatoms. The third-order valence-corrected chi connectivity index (χ3v) is 8.43. The maximum absolute atomic E-state index is 14.8. The molecule has 0 N–H and O–H groups in total. The molecule has 9 nitrogen and oxygen atoms in total. The number of likely N-dealkylation sites (N-methyl/N-ethyl adjacent to an activating group) is 1. The van der Waals surface area contributed by atoms with Crippen LogP contribution in [0.25, 0.3) is 0 Å². The number of fused-ring (bicyclic) bond motifs is 1. The van der Waals surface area contributed by atoms with Crippen LogP contribution in [0.15, 0.2) is 36.7 Å². The Labute approximate surface area is 230 Å². The molecule has 4 heterocycles. The summed E-state index contributed by atoms with van der Waals surface area (Å²) in [5.74, 6) is 0.538. The summed E-state index contributed by atoms with van der Waals surface area (Å²) in [7, 11) is 2.11. The Hall–Kier alpha value is -3.29. The SMILES string of the molecule is C=CC(=O)N1CCN(c2nc(OC[C@@H]3CCCN3C)nc3c2CCCN(C2CC=CC=C2F)C3)CC1CC#N. The summed E-state index contributed by atoms with van der Waals surface area (Å²) in [5, 5.41) is 9.46. The van der Waals surface area contributed by atoms with Gasteiger partial charge in [0.2, 0.25) is 5.91 Å². The second kappa shape index (κ2) is 12.3. The molecule has 5 rings (SSSR count). The molecule has 3 aliphatic heterocycles. The van der Waals surface area contributed by atoms with Gasteiger partial charge in [-0.25, -0.2) is 4.39 Å². The van der Waals surface area contributed by atoms with E-state index in [2.05, 4.69) is 34.4 Å². The van der Waals surface area contributed by atoms with Crippen molar-refractivity contribution in [2.45, 2.75) is 63.2 Å². The van der Waals surface area contributed by atoms with Crippen LogP contribution in [0.5, 0.6) is 6.01 Å². The number of anilines is 1. The normalized spacial score (nSPS) is 26.0. The van der Waals surface area contributed by atoms with Crippen LogP contribution in [0.2, 0.25) is 0 Å². The standard InChI is InChI=1S/C29H38FN7O2/c1-3-27(38)37-17-16-36(18-21(37)12-13-31)28-23-9-7-15-35(26-11-5-4-10-24(26)30)19-25(23)32-29(33-28)39-20-22-8-6-14-34(22)2/h3-5,10,21-22,26H,1,6-9,11-12,14-20H2,2H3/t21?,22-,26?/m0/s1. The molecule has 1 aliphatic carbocycles. The molecule has 0 aromatic carbocycles. The van der Waals surface area contributed by atoms with Crippen LogP contribution in [0, 0.1) is 11.3 Å². The summed E-state index contributed by atoms with van der Waals surface area (Å²) in [6, 6.07) is 2.36. The highest BCUT2D eigenvalue weighted by atomic mass is 19.1. The molecule has 4 aliphatic rings. The number of ether oxygens (including phenoxy) is 1. The van der Waals surface area contributed by atoms with Crippen LogP contribution >= 0.6 is 0 Å². The maximum Gasteiger partial charge on any atom is 0.318 e. The lowest BCUT2D eigenvalue weighted by Gasteiger charge is -2.41. The Morgan fingerprint density at radius 1 is 1.26 bits per heavy atom. The maximum atomic E-state index is 14.8. The minimum atomic E-state index is -0.288. The minimum Gasteiger partial charge on any atom is -0.462 e. The summed E-state index contributed by atoms with van der Waals surface area (Å²) < 4.78 is 21.0. The van der Waals surface area contributed by atoms with E-state index in [0.717, 1.165) is 55.8 Å². The highest BCUT2D eigenvalue weighted by Crippen LogP contribution is 2.33. The van der Waals surface area contributed by atoms with Gasteiger partial charge in [-0.1, -0.05) is 18.7 Å². The van der Waals surface area contributed by atoms with Gasteiger partial charge in [0.05, 0.1) is 30.3 Å². The van der Waals surface area contributed by atoms with E-state index in [1.165, 1.54) is 6.08 Å². The first kappa shape index (κ1) is 27.3. The van der Waals surface area contributed by atoms with E-state index in [1.807, 2.05) is 6.08 Å². The number of likely N-dealkylation sites (tertiary alicyclic amines) is 1. The van der Waals surface area contributed by atoms with Gasteiger partial charge in [-0.3, -0.25) is 9.69 Å². The largest absolute Gasteiger partial charge is 0.462 e. The molecule has 208 valence electrons. The number of nitrogens with zero attached hydrogens (tertiary/aromatic N) is 7. The molecule has 1 aromatic rings. The molecule has 1 aromatic heterocycles. The Morgan fingerprint density at radius 3 is 2.87 bits per heavy atom. The van der Waals surface area contributed by atoms with E-state index >= 15 is 0 Å². The number of nitriles is 1. The highest BCUT2D eigenvalue weighted by molar-refractivity contribution is 5.87. The van der Waals surface area contributed by atoms with Gasteiger partial charge in [0.1, 0.15) is 18.3 Å². The zero-order chi connectivity index (χ0) is 27.4. The van der Waals surface area contributed by atoms with E-state index < -0.39 is 0 Å². The molecule has 39 heavy (non-hydrogen) atoms. The molecule has 0 spiro atoms. The van der Waals surface area contributed by atoms with Crippen molar-refractivity contribution >= 4 is 11.7 Å². The van der Waals surface area contributed by atoms with Crippen molar-refractivity contribution < 1.29 is 13.9 Å². The summed E-state index contributed by atoms with van der Waals surface area (Å²) in [5.41, 5.74) is 1.92. The van der Waals surface area contributed by atoms with E-state index in [0.29, 0.717) is 51.3 Å². The molecule has 2 fully saturated rings. The lowest BCUT2D eigenvalue weighted by atomic mass is 10.1. The van der Waals surface area contributed by atoms with Crippen LogP contribution in [0.3, 0.4) is 0 Å². The second-order valence-electron chi connectivity index (χ2n) is 10.8. The van der Waals surface area contributed by atoms with Crippen molar-refractivity contribution in [3.05, 3.63) is 48.0 Å². The summed E-state index contributed by atoms with van der Waals surface area (Å²) in [6.07, 6.45) is 11.4. The van der Waals surface area contributed by atoms with Crippen LogP contribution in [-0.2, 0) is 17.8 Å². The van der Waals surface area contributed by atoms with Crippen LogP contribution < -0.4 is 9.64 Å². The smallest absolute Gasteiger partial charge is 0.318 e. The van der Waals surface area contributed by atoms with Gasteiger partial charge in [0.15, 0.2) is 0 Å². The van der Waals surface area contributed by atoms with Gasteiger partial charge < -0.3 is 19.4 Å². The van der Waals surface area contributed by atoms with Gasteiger partial charge in [0, 0.05) is 37.8 Å². The Bertz CT molecular complexity index is 1180. The van der Waals surface area contributed by atoms with Gasteiger partial charge in [-0.15, -0.1) is 0 Å². The van der Waals surface area contributed by atoms with Crippen molar-refractivity contribution in [2.75, 3.05) is 51.3 Å². The van der Waals surface area contributed by atoms with Crippen molar-refractivity contribution in [3.8, 4) is 12.1 Å². The van der Waals surface area contributed by atoms with Crippen molar-refractivity contribution in [3.63, 3.8) is 0 Å². The van der Waals surface area contributed by atoms with Gasteiger partial charge in [0.25, 0.3) is 0 Å². The number of piperazine rings is 1. The number of halogens is 1. The molecular weight excluding hydrogens is 497 g/mol. The number of allylic oxidation sites excluding steroid dienone is 2. The molecule has 2 saturated heterocycles. The zero-order valence-electron chi connectivity index (χ0n) is 22.8. The third-order valence-electron chi connectivity index (χ3n) is 8.43. The molecule has 3 atom stereocenters. The lowest BCUT2D eigenvalue weighted by Crippen LogP contribution is -2.55. The first-order valence-corrected chi connectivity index (χ1v) is 14.0. The number of rotatable bonds is 7. The first-order valence-electron chi connectivity index (χ1n) is 14.0. The number of carbonyl (C=O) groups excluding carboxylic acids is 1. The van der Waals surface area contributed by atoms with E-state index in [9.17, 15) is 14.4 Å². The van der Waals surface area contributed by atoms with Crippen molar-refractivity contribution in [2.24, 2.45) is 0 Å². The fourth-order valence-corrected chi connectivity index (χ4v) is 6.21. The molecular formula is C29H38FN7O2. The minimum absolute atomic E-state index is 0.113. The number of hydrogen-bond donors (Lipinski definition) is 0. The first-order chi connectivity index (χ1) is 19.0. The number of carbonyl (C=O) groups is 1. The molecule has 1 amide bonds. The molecule has 0 radical (unpaired) electrons. The predicted octanol–water partition coefficient (Wildman–Crippen LogP) is 3.00. The third kappa shape index (κ3) is 5.99. The van der Waals surface area contributed by atoms with Crippen LogP contribution in [-0.4, -0.2) is 95.1 Å². The Balaban J connectivity index is 1.45. The average molecular weight is 536 g/mol. The van der Waals surface area contributed by atoms with Crippen molar-refractivity contribution in [1.82, 2.24) is 24.7 Å². The number of aromatic nitrogens is 2. The average Bonchev–Trinajstić information content (AvgIpc) is 3.23. The van der Waals surface area contributed by atoms with Gasteiger partial charge >= 0.3 is 6.01 Å². The van der Waals surface area contributed by atoms with E-state index in [1.54, 1.807) is 17.1 Å².